The molecule has 0 bridgehead atoms. The first-order valence-electron chi connectivity index (χ1n) is 13.3. The van der Waals surface area contributed by atoms with E-state index in [0.717, 1.165) is 37.4 Å². The van der Waals surface area contributed by atoms with Gasteiger partial charge in [-0.05, 0) is 79.8 Å². The first-order valence-corrected chi connectivity index (χ1v) is 13.3. The highest BCUT2D eigenvalue weighted by Gasteiger charge is 2.52. The first-order chi connectivity index (χ1) is 16.8. The SMILES string of the molecule is CC1(CN2CCN(c3ccc4c(c3)CN(C3CCC(=O)NC3=O)C4=O)CC2)CC2(CCNCC2)C1. The molecule has 1 aromatic rings. The van der Waals surface area contributed by atoms with E-state index in [2.05, 4.69) is 39.5 Å². The van der Waals surface area contributed by atoms with Crippen LogP contribution in [0.5, 0.6) is 0 Å². The number of carbonyl (C=O) groups excluding carboxylic acids is 3. The Balaban J connectivity index is 1.05. The number of amides is 3. The predicted molar refractivity (Wildman–Crippen MR) is 133 cm³/mol. The standard InChI is InChI=1S/C27H37N5O3/c1-26(16-27(17-26)6-8-28-9-7-27)18-30-10-12-31(13-11-30)20-2-3-21-19(14-20)15-32(25(21)35)22-4-5-23(33)29-24(22)34/h2-3,14,22,28H,4-13,15-18H2,1H3,(H,29,33,34). The van der Waals surface area contributed by atoms with E-state index >= 15 is 0 Å². The van der Waals surface area contributed by atoms with Gasteiger partial charge in [0.05, 0.1) is 0 Å². The van der Waals surface area contributed by atoms with Gasteiger partial charge < -0.3 is 15.1 Å². The third-order valence-electron chi connectivity index (χ3n) is 9.12. The smallest absolute Gasteiger partial charge is 0.255 e. The number of nitrogens with one attached hydrogen (secondary N) is 2. The molecule has 2 N–H and O–H groups in total. The maximum absolute atomic E-state index is 13.0. The Bertz CT molecular complexity index is 1030. The first kappa shape index (κ1) is 23.0. The lowest BCUT2D eigenvalue weighted by Gasteiger charge is -2.58. The summed E-state index contributed by atoms with van der Waals surface area (Å²) in [4.78, 5) is 43.5. The molecule has 3 saturated heterocycles. The number of anilines is 1. The number of piperazine rings is 1. The summed E-state index contributed by atoms with van der Waals surface area (Å²) < 4.78 is 0. The molecule has 4 aliphatic heterocycles. The van der Waals surface area contributed by atoms with E-state index in [-0.39, 0.29) is 24.1 Å². The van der Waals surface area contributed by atoms with Crippen molar-refractivity contribution >= 4 is 23.4 Å². The van der Waals surface area contributed by atoms with Gasteiger partial charge in [-0.3, -0.25) is 24.6 Å². The molecule has 1 unspecified atom stereocenters. The molecule has 4 fully saturated rings. The second kappa shape index (κ2) is 8.59. The third-order valence-corrected chi connectivity index (χ3v) is 9.12. The maximum Gasteiger partial charge on any atom is 0.255 e. The van der Waals surface area contributed by atoms with Gasteiger partial charge in [0.1, 0.15) is 6.04 Å². The average Bonchev–Trinajstić information content (AvgIpc) is 3.14. The Labute approximate surface area is 207 Å². The highest BCUT2D eigenvalue weighted by Crippen LogP contribution is 2.59. The number of benzene rings is 1. The van der Waals surface area contributed by atoms with Gasteiger partial charge in [0.15, 0.2) is 0 Å². The van der Waals surface area contributed by atoms with Crippen LogP contribution in [0.15, 0.2) is 18.2 Å². The van der Waals surface area contributed by atoms with Crippen molar-refractivity contribution in [2.24, 2.45) is 10.8 Å². The Hall–Kier alpha value is -2.45. The van der Waals surface area contributed by atoms with Crippen LogP contribution in [-0.2, 0) is 16.1 Å². The van der Waals surface area contributed by atoms with E-state index < -0.39 is 6.04 Å². The van der Waals surface area contributed by atoms with Gasteiger partial charge >= 0.3 is 0 Å². The number of carbonyl (C=O) groups is 3. The van der Waals surface area contributed by atoms with Crippen LogP contribution in [0.3, 0.4) is 0 Å². The maximum atomic E-state index is 13.0. The number of rotatable bonds is 4. The number of imide groups is 1. The molecule has 5 aliphatic rings. The molecule has 8 nitrogen and oxygen atoms in total. The zero-order valence-corrected chi connectivity index (χ0v) is 20.8. The van der Waals surface area contributed by atoms with E-state index in [1.165, 1.54) is 45.3 Å². The fourth-order valence-corrected chi connectivity index (χ4v) is 7.64. The van der Waals surface area contributed by atoms with Gasteiger partial charge in [0, 0.05) is 56.9 Å². The van der Waals surface area contributed by atoms with Crippen molar-refractivity contribution in [1.29, 1.82) is 0 Å². The van der Waals surface area contributed by atoms with Gasteiger partial charge in [-0.15, -0.1) is 0 Å². The number of hydrogen-bond donors (Lipinski definition) is 2. The molecule has 3 amide bonds. The summed E-state index contributed by atoms with van der Waals surface area (Å²) in [6, 6.07) is 5.53. The van der Waals surface area contributed by atoms with E-state index in [9.17, 15) is 14.4 Å². The van der Waals surface area contributed by atoms with E-state index in [1.807, 2.05) is 6.07 Å². The van der Waals surface area contributed by atoms with E-state index in [1.54, 1.807) is 4.90 Å². The number of nitrogens with zero attached hydrogens (tertiary/aromatic N) is 3. The normalized spacial score (nSPS) is 28.1. The molecule has 4 heterocycles. The number of piperidine rings is 2. The van der Waals surface area contributed by atoms with Crippen LogP contribution in [0, 0.1) is 10.8 Å². The van der Waals surface area contributed by atoms with Crippen molar-refractivity contribution in [1.82, 2.24) is 20.4 Å². The topological polar surface area (TPSA) is 85.0 Å². The Morgan fingerprint density at radius 3 is 2.49 bits per heavy atom. The molecule has 188 valence electrons. The minimum Gasteiger partial charge on any atom is -0.369 e. The van der Waals surface area contributed by atoms with Gasteiger partial charge in [-0.2, -0.15) is 0 Å². The molecular weight excluding hydrogens is 442 g/mol. The number of fused-ring (bicyclic) bond motifs is 1. The lowest BCUT2D eigenvalue weighted by molar-refractivity contribution is -0.136. The Kier molecular flexibility index (Phi) is 5.64. The molecule has 1 aliphatic carbocycles. The van der Waals surface area contributed by atoms with Crippen molar-refractivity contribution in [3.8, 4) is 0 Å². The fourth-order valence-electron chi connectivity index (χ4n) is 7.64. The molecule has 0 radical (unpaired) electrons. The highest BCUT2D eigenvalue weighted by atomic mass is 16.2. The van der Waals surface area contributed by atoms with Crippen LogP contribution in [0.2, 0.25) is 0 Å². The summed E-state index contributed by atoms with van der Waals surface area (Å²) in [5.41, 5.74) is 3.90. The van der Waals surface area contributed by atoms with Crippen LogP contribution >= 0.6 is 0 Å². The second-order valence-corrected chi connectivity index (χ2v) is 11.9. The average molecular weight is 480 g/mol. The van der Waals surface area contributed by atoms with Crippen molar-refractivity contribution in [3.63, 3.8) is 0 Å². The minimum atomic E-state index is -0.559. The van der Waals surface area contributed by atoms with Gasteiger partial charge in [-0.25, -0.2) is 0 Å². The zero-order chi connectivity index (χ0) is 24.2. The molecule has 1 saturated carbocycles. The Morgan fingerprint density at radius 2 is 1.77 bits per heavy atom. The monoisotopic (exact) mass is 479 g/mol. The highest BCUT2D eigenvalue weighted by molar-refractivity contribution is 6.05. The van der Waals surface area contributed by atoms with Crippen LogP contribution in [0.1, 0.15) is 61.4 Å². The van der Waals surface area contributed by atoms with Crippen molar-refractivity contribution in [2.75, 3.05) is 50.7 Å². The van der Waals surface area contributed by atoms with Crippen LogP contribution < -0.4 is 15.5 Å². The van der Waals surface area contributed by atoms with E-state index in [4.69, 9.17) is 0 Å². The molecule has 0 aromatic heterocycles. The van der Waals surface area contributed by atoms with Gasteiger partial charge in [0.2, 0.25) is 11.8 Å². The van der Waals surface area contributed by atoms with Crippen molar-refractivity contribution in [2.45, 2.75) is 58.0 Å². The summed E-state index contributed by atoms with van der Waals surface area (Å²) in [5.74, 6) is -0.718. The molecule has 35 heavy (non-hydrogen) atoms. The largest absolute Gasteiger partial charge is 0.369 e. The lowest BCUT2D eigenvalue weighted by atomic mass is 9.50. The zero-order valence-electron chi connectivity index (χ0n) is 20.8. The van der Waals surface area contributed by atoms with Gasteiger partial charge in [0.25, 0.3) is 5.91 Å². The summed E-state index contributed by atoms with van der Waals surface area (Å²) in [6.45, 7) is 10.6. The predicted octanol–water partition coefficient (Wildman–Crippen LogP) is 1.74. The molecule has 1 spiro atoms. The fraction of sp³-hybridized carbons (Fsp3) is 0.667. The van der Waals surface area contributed by atoms with Crippen LogP contribution in [0.4, 0.5) is 5.69 Å². The molecule has 8 heteroatoms. The molecule has 1 atom stereocenters. The third kappa shape index (κ3) is 4.25. The summed E-state index contributed by atoms with van der Waals surface area (Å²) >= 11 is 0. The second-order valence-electron chi connectivity index (χ2n) is 11.9. The van der Waals surface area contributed by atoms with Crippen molar-refractivity contribution < 1.29 is 14.4 Å². The minimum absolute atomic E-state index is 0.105. The molecular formula is C27H37N5O3. The summed E-state index contributed by atoms with van der Waals surface area (Å²) in [6.07, 6.45) is 6.13. The number of hydrogen-bond acceptors (Lipinski definition) is 6. The lowest BCUT2D eigenvalue weighted by Crippen LogP contribution is -2.56. The van der Waals surface area contributed by atoms with Crippen LogP contribution in [0.25, 0.3) is 0 Å². The quantitative estimate of drug-likeness (QED) is 0.640. The van der Waals surface area contributed by atoms with E-state index in [0.29, 0.717) is 29.4 Å². The molecule has 1 aromatic carbocycles. The summed E-state index contributed by atoms with van der Waals surface area (Å²) in [5, 5.41) is 5.89. The Morgan fingerprint density at radius 1 is 1.03 bits per heavy atom. The molecule has 6 rings (SSSR count). The van der Waals surface area contributed by atoms with Crippen molar-refractivity contribution in [3.05, 3.63) is 29.3 Å². The summed E-state index contributed by atoms with van der Waals surface area (Å²) in [7, 11) is 0. The van der Waals surface area contributed by atoms with Crippen LogP contribution in [-0.4, -0.2) is 79.4 Å². The van der Waals surface area contributed by atoms with Gasteiger partial charge in [-0.1, -0.05) is 6.92 Å².